The highest BCUT2D eigenvalue weighted by atomic mass is 79.9. The van der Waals surface area contributed by atoms with Gasteiger partial charge in [-0.25, -0.2) is 17.2 Å². The van der Waals surface area contributed by atoms with Gasteiger partial charge in [-0.2, -0.15) is 0 Å². The molecule has 0 amide bonds. The van der Waals surface area contributed by atoms with Crippen molar-refractivity contribution in [2.45, 2.75) is 4.90 Å². The van der Waals surface area contributed by atoms with Crippen molar-refractivity contribution in [2.75, 3.05) is 0 Å². The Hall–Kier alpha value is 0.280. The van der Waals surface area contributed by atoms with Crippen LogP contribution in [0.15, 0.2) is 19.9 Å². The minimum absolute atomic E-state index is 0.402. The Balaban J connectivity index is 3.66. The third-order valence-electron chi connectivity index (χ3n) is 1.33. The molecule has 0 aliphatic heterocycles. The van der Waals surface area contributed by atoms with Gasteiger partial charge in [0.2, 0.25) is 0 Å². The van der Waals surface area contributed by atoms with Crippen LogP contribution in [0.25, 0.3) is 0 Å². The first-order chi connectivity index (χ1) is 6.25. The molecule has 0 saturated carbocycles. The second-order valence-electron chi connectivity index (χ2n) is 2.24. The zero-order valence-corrected chi connectivity index (χ0v) is 10.9. The molecule has 1 aromatic rings. The van der Waals surface area contributed by atoms with Gasteiger partial charge in [-0.3, -0.25) is 0 Å². The second kappa shape index (κ2) is 4.03. The van der Waals surface area contributed by atoms with Crippen LogP contribution in [-0.4, -0.2) is 8.42 Å². The lowest BCUT2D eigenvalue weighted by atomic mass is 10.3. The number of halogens is 5. The minimum atomic E-state index is -4.17. The molecule has 0 N–H and O–H groups in total. The number of hydrogen-bond acceptors (Lipinski definition) is 2. The molecule has 0 unspecified atom stereocenters. The standard InChI is InChI=1S/C6HBr2ClF2O2S/c7-4-2(10)1-3(14(9,12)13)5(8)6(4)11/h1H. The maximum absolute atomic E-state index is 13.1. The van der Waals surface area contributed by atoms with Gasteiger partial charge >= 0.3 is 0 Å². The Morgan fingerprint density at radius 3 is 2.14 bits per heavy atom. The number of rotatable bonds is 1. The molecule has 0 aliphatic rings. The van der Waals surface area contributed by atoms with E-state index in [1.54, 1.807) is 0 Å². The van der Waals surface area contributed by atoms with Crippen molar-refractivity contribution in [3.05, 3.63) is 26.6 Å². The molecular formula is C6HBr2ClF2O2S. The Bertz CT molecular complexity index is 489. The van der Waals surface area contributed by atoms with Crippen molar-refractivity contribution in [3.8, 4) is 0 Å². The number of benzene rings is 1. The van der Waals surface area contributed by atoms with E-state index in [1.165, 1.54) is 0 Å². The van der Waals surface area contributed by atoms with Gasteiger partial charge in [0, 0.05) is 10.7 Å². The molecule has 0 radical (unpaired) electrons. The molecule has 1 aromatic carbocycles. The van der Waals surface area contributed by atoms with E-state index in [9.17, 15) is 17.2 Å². The van der Waals surface area contributed by atoms with Crippen molar-refractivity contribution in [1.82, 2.24) is 0 Å². The lowest BCUT2D eigenvalue weighted by Crippen LogP contribution is -1.97. The Labute approximate surface area is 99.9 Å². The molecular weight excluding hydrogens is 369 g/mol. The Kier molecular flexibility index (Phi) is 3.56. The van der Waals surface area contributed by atoms with Crippen LogP contribution in [0.3, 0.4) is 0 Å². The van der Waals surface area contributed by atoms with Crippen LogP contribution in [0.1, 0.15) is 0 Å². The third-order valence-corrected chi connectivity index (χ3v) is 4.44. The van der Waals surface area contributed by atoms with Gasteiger partial charge in [0.15, 0.2) is 5.82 Å². The van der Waals surface area contributed by atoms with Gasteiger partial charge in [0.1, 0.15) is 10.7 Å². The maximum Gasteiger partial charge on any atom is 0.262 e. The van der Waals surface area contributed by atoms with Crippen LogP contribution >= 0.6 is 42.5 Å². The molecule has 0 bridgehead atoms. The van der Waals surface area contributed by atoms with Gasteiger partial charge in [0.25, 0.3) is 9.05 Å². The average molecular weight is 370 g/mol. The molecule has 1 rings (SSSR count). The van der Waals surface area contributed by atoms with E-state index in [4.69, 9.17) is 10.7 Å². The van der Waals surface area contributed by atoms with E-state index in [0.29, 0.717) is 6.07 Å². The topological polar surface area (TPSA) is 34.1 Å². The molecule has 2 nitrogen and oxygen atoms in total. The fourth-order valence-corrected chi connectivity index (χ4v) is 3.45. The highest BCUT2D eigenvalue weighted by Crippen LogP contribution is 2.33. The summed E-state index contributed by atoms with van der Waals surface area (Å²) in [5.41, 5.74) is 0. The summed E-state index contributed by atoms with van der Waals surface area (Å²) >= 11 is 5.28. The van der Waals surface area contributed by atoms with Gasteiger partial charge in [-0.1, -0.05) is 0 Å². The predicted molar refractivity (Wildman–Crippen MR) is 54.8 cm³/mol. The third kappa shape index (κ3) is 2.26. The smallest absolute Gasteiger partial charge is 0.207 e. The van der Waals surface area contributed by atoms with Crippen LogP contribution in [0.2, 0.25) is 0 Å². The van der Waals surface area contributed by atoms with Gasteiger partial charge in [0.05, 0.1) is 8.95 Å². The molecule has 0 saturated heterocycles. The quantitative estimate of drug-likeness (QED) is 0.431. The van der Waals surface area contributed by atoms with Crippen LogP contribution in [0.4, 0.5) is 8.78 Å². The first-order valence-electron chi connectivity index (χ1n) is 3.03. The van der Waals surface area contributed by atoms with Crippen LogP contribution in [-0.2, 0) is 9.05 Å². The minimum Gasteiger partial charge on any atom is -0.207 e. The number of hydrogen-bond donors (Lipinski definition) is 0. The zero-order chi connectivity index (χ0) is 11.1. The van der Waals surface area contributed by atoms with Crippen LogP contribution in [0.5, 0.6) is 0 Å². The molecule has 0 spiro atoms. The molecule has 0 heterocycles. The zero-order valence-electron chi connectivity index (χ0n) is 6.19. The summed E-state index contributed by atoms with van der Waals surface area (Å²) in [7, 11) is 0.783. The summed E-state index contributed by atoms with van der Waals surface area (Å²) in [6.45, 7) is 0. The Morgan fingerprint density at radius 1 is 1.21 bits per heavy atom. The predicted octanol–water partition coefficient (Wildman–Crippen LogP) is 3.42. The van der Waals surface area contributed by atoms with E-state index in [1.807, 2.05) is 0 Å². The van der Waals surface area contributed by atoms with E-state index in [-0.39, 0.29) is 0 Å². The van der Waals surface area contributed by atoms with Crippen molar-refractivity contribution in [1.29, 1.82) is 0 Å². The largest absolute Gasteiger partial charge is 0.262 e. The van der Waals surface area contributed by atoms with Crippen LogP contribution in [0, 0.1) is 11.6 Å². The Morgan fingerprint density at radius 2 is 1.71 bits per heavy atom. The summed E-state index contributed by atoms with van der Waals surface area (Å²) in [5.74, 6) is -2.09. The van der Waals surface area contributed by atoms with Gasteiger partial charge in [-0.15, -0.1) is 0 Å². The van der Waals surface area contributed by atoms with E-state index >= 15 is 0 Å². The summed E-state index contributed by atoms with van der Waals surface area (Å²) < 4.78 is 46.9. The monoisotopic (exact) mass is 368 g/mol. The van der Waals surface area contributed by atoms with Gasteiger partial charge < -0.3 is 0 Å². The highest BCUT2D eigenvalue weighted by molar-refractivity contribution is 9.11. The molecule has 78 valence electrons. The molecule has 8 heteroatoms. The fourth-order valence-electron chi connectivity index (χ4n) is 0.729. The summed E-state index contributed by atoms with van der Waals surface area (Å²) in [5, 5.41) is 0. The second-order valence-corrected chi connectivity index (χ2v) is 6.36. The molecule has 0 atom stereocenters. The lowest BCUT2D eigenvalue weighted by molar-refractivity contribution is 0.555. The SMILES string of the molecule is O=S(=O)(Cl)c1cc(F)c(Br)c(F)c1Br. The van der Waals surface area contributed by atoms with Crippen LogP contribution < -0.4 is 0 Å². The maximum atomic E-state index is 13.1. The van der Waals surface area contributed by atoms with E-state index in [0.717, 1.165) is 0 Å². The molecule has 0 aromatic heterocycles. The molecule has 14 heavy (non-hydrogen) atoms. The van der Waals surface area contributed by atoms with Crippen molar-refractivity contribution < 1.29 is 17.2 Å². The first-order valence-corrected chi connectivity index (χ1v) is 6.92. The molecule has 0 fully saturated rings. The van der Waals surface area contributed by atoms with E-state index in [2.05, 4.69) is 31.9 Å². The highest BCUT2D eigenvalue weighted by Gasteiger charge is 2.22. The molecule has 0 aliphatic carbocycles. The lowest BCUT2D eigenvalue weighted by Gasteiger charge is -2.04. The van der Waals surface area contributed by atoms with E-state index < -0.39 is 34.5 Å². The fraction of sp³-hybridized carbons (Fsp3) is 0. The van der Waals surface area contributed by atoms with Crippen molar-refractivity contribution >= 4 is 51.6 Å². The first kappa shape index (κ1) is 12.4. The van der Waals surface area contributed by atoms with Gasteiger partial charge in [-0.05, 0) is 37.9 Å². The van der Waals surface area contributed by atoms with Crippen molar-refractivity contribution in [3.63, 3.8) is 0 Å². The summed E-state index contributed by atoms with van der Waals surface area (Å²) in [4.78, 5) is -0.641. The normalized spacial score (nSPS) is 11.8. The summed E-state index contributed by atoms with van der Waals surface area (Å²) in [6.07, 6.45) is 0. The van der Waals surface area contributed by atoms with Crippen molar-refractivity contribution in [2.24, 2.45) is 0 Å². The average Bonchev–Trinajstić information content (AvgIpc) is 2.06. The summed E-state index contributed by atoms with van der Waals surface area (Å²) in [6, 6.07) is 0.625.